The first-order valence-corrected chi connectivity index (χ1v) is 6.30. The first-order chi connectivity index (χ1) is 7.69. The second-order valence-electron chi connectivity index (χ2n) is 5.04. The molecular weight excluding hydrogens is 200 g/mol. The lowest BCUT2D eigenvalue weighted by Crippen LogP contribution is -2.41. The fourth-order valence-corrected chi connectivity index (χ4v) is 2.64. The standard InChI is InChI=1S/C12H22N4/c1-4-12(5-7-13-8-6-12)11-15-14-9-16(11)10(2)3/h9-10,13H,4-8H2,1-3H3. The lowest BCUT2D eigenvalue weighted by Gasteiger charge is -2.36. The van der Waals surface area contributed by atoms with E-state index in [0.29, 0.717) is 6.04 Å². The van der Waals surface area contributed by atoms with Gasteiger partial charge in [-0.1, -0.05) is 6.92 Å². The van der Waals surface area contributed by atoms with E-state index in [-0.39, 0.29) is 5.41 Å². The topological polar surface area (TPSA) is 42.7 Å². The minimum atomic E-state index is 0.242. The zero-order chi connectivity index (χ0) is 11.6. The maximum Gasteiger partial charge on any atom is 0.139 e. The van der Waals surface area contributed by atoms with E-state index in [1.165, 1.54) is 18.7 Å². The Morgan fingerprint density at radius 3 is 2.69 bits per heavy atom. The van der Waals surface area contributed by atoms with Crippen LogP contribution in [-0.4, -0.2) is 27.9 Å². The van der Waals surface area contributed by atoms with Crippen LogP contribution in [0.3, 0.4) is 0 Å². The van der Waals surface area contributed by atoms with E-state index in [0.717, 1.165) is 19.5 Å². The van der Waals surface area contributed by atoms with Gasteiger partial charge in [0.05, 0.1) is 0 Å². The molecule has 0 unspecified atom stereocenters. The maximum absolute atomic E-state index is 4.39. The molecule has 1 N–H and O–H groups in total. The average Bonchev–Trinajstić information content (AvgIpc) is 2.79. The highest BCUT2D eigenvalue weighted by molar-refractivity contribution is 5.10. The number of nitrogens with zero attached hydrogens (tertiary/aromatic N) is 3. The van der Waals surface area contributed by atoms with E-state index in [1.807, 2.05) is 6.33 Å². The highest BCUT2D eigenvalue weighted by atomic mass is 15.3. The summed E-state index contributed by atoms with van der Waals surface area (Å²) in [6.45, 7) is 8.84. The van der Waals surface area contributed by atoms with Crippen LogP contribution >= 0.6 is 0 Å². The fourth-order valence-electron chi connectivity index (χ4n) is 2.64. The van der Waals surface area contributed by atoms with E-state index in [1.54, 1.807) is 0 Å². The number of hydrogen-bond donors (Lipinski definition) is 1. The van der Waals surface area contributed by atoms with Crippen molar-refractivity contribution in [2.45, 2.75) is 51.5 Å². The van der Waals surface area contributed by atoms with E-state index < -0.39 is 0 Å². The Morgan fingerprint density at radius 2 is 2.12 bits per heavy atom. The van der Waals surface area contributed by atoms with Crippen molar-refractivity contribution in [3.05, 3.63) is 12.2 Å². The number of rotatable bonds is 3. The van der Waals surface area contributed by atoms with Crippen LogP contribution in [0.25, 0.3) is 0 Å². The van der Waals surface area contributed by atoms with Gasteiger partial charge in [-0.15, -0.1) is 10.2 Å². The monoisotopic (exact) mass is 222 g/mol. The van der Waals surface area contributed by atoms with Gasteiger partial charge >= 0.3 is 0 Å². The lowest BCUT2D eigenvalue weighted by molar-refractivity contribution is 0.269. The Morgan fingerprint density at radius 1 is 1.44 bits per heavy atom. The van der Waals surface area contributed by atoms with Crippen molar-refractivity contribution in [2.75, 3.05) is 13.1 Å². The summed E-state index contributed by atoms with van der Waals surface area (Å²) in [5.74, 6) is 1.19. The summed E-state index contributed by atoms with van der Waals surface area (Å²) >= 11 is 0. The molecule has 1 aromatic rings. The molecule has 16 heavy (non-hydrogen) atoms. The zero-order valence-corrected chi connectivity index (χ0v) is 10.5. The van der Waals surface area contributed by atoms with Crippen LogP contribution in [0.2, 0.25) is 0 Å². The van der Waals surface area contributed by atoms with Crippen molar-refractivity contribution in [2.24, 2.45) is 0 Å². The zero-order valence-electron chi connectivity index (χ0n) is 10.5. The molecule has 0 radical (unpaired) electrons. The van der Waals surface area contributed by atoms with Crippen molar-refractivity contribution in [3.63, 3.8) is 0 Å². The largest absolute Gasteiger partial charge is 0.317 e. The SMILES string of the molecule is CCC1(c2nncn2C(C)C)CCNCC1. The minimum absolute atomic E-state index is 0.242. The Balaban J connectivity index is 2.35. The van der Waals surface area contributed by atoms with Crippen LogP contribution in [0.5, 0.6) is 0 Å². The van der Waals surface area contributed by atoms with Gasteiger partial charge < -0.3 is 9.88 Å². The molecule has 4 heteroatoms. The Bertz CT molecular complexity index is 337. The first-order valence-electron chi connectivity index (χ1n) is 6.30. The summed E-state index contributed by atoms with van der Waals surface area (Å²) in [5.41, 5.74) is 0.242. The van der Waals surface area contributed by atoms with Crippen LogP contribution in [0.4, 0.5) is 0 Å². The summed E-state index contributed by atoms with van der Waals surface area (Å²) < 4.78 is 2.23. The predicted molar refractivity (Wildman–Crippen MR) is 64.5 cm³/mol. The Hall–Kier alpha value is -0.900. The van der Waals surface area contributed by atoms with E-state index >= 15 is 0 Å². The first kappa shape index (κ1) is 11.6. The summed E-state index contributed by atoms with van der Waals surface area (Å²) in [6, 6.07) is 0.448. The molecule has 0 atom stereocenters. The van der Waals surface area contributed by atoms with Gasteiger partial charge in [0.15, 0.2) is 0 Å². The molecule has 1 fully saturated rings. The van der Waals surface area contributed by atoms with Crippen LogP contribution < -0.4 is 5.32 Å². The third kappa shape index (κ3) is 1.86. The number of nitrogens with one attached hydrogen (secondary N) is 1. The lowest BCUT2D eigenvalue weighted by atomic mass is 9.75. The summed E-state index contributed by atoms with van der Waals surface area (Å²) in [7, 11) is 0. The number of aromatic nitrogens is 3. The van der Waals surface area contributed by atoms with Crippen molar-refractivity contribution in [1.29, 1.82) is 0 Å². The normalized spacial score (nSPS) is 20.2. The van der Waals surface area contributed by atoms with Crippen LogP contribution in [-0.2, 0) is 5.41 Å². The van der Waals surface area contributed by atoms with E-state index in [9.17, 15) is 0 Å². The smallest absolute Gasteiger partial charge is 0.139 e. The molecule has 1 saturated heterocycles. The molecule has 1 aliphatic heterocycles. The van der Waals surface area contributed by atoms with Gasteiger partial charge in [0.2, 0.25) is 0 Å². The molecule has 1 aromatic heterocycles. The quantitative estimate of drug-likeness (QED) is 0.849. The van der Waals surface area contributed by atoms with Crippen molar-refractivity contribution in [1.82, 2.24) is 20.1 Å². The summed E-state index contributed by atoms with van der Waals surface area (Å²) in [4.78, 5) is 0. The van der Waals surface area contributed by atoms with Crippen molar-refractivity contribution < 1.29 is 0 Å². The highest BCUT2D eigenvalue weighted by Crippen LogP contribution is 2.36. The highest BCUT2D eigenvalue weighted by Gasteiger charge is 2.36. The predicted octanol–water partition coefficient (Wildman–Crippen LogP) is 1.89. The van der Waals surface area contributed by atoms with Crippen LogP contribution in [0, 0.1) is 0 Å². The third-order valence-corrected chi connectivity index (χ3v) is 3.84. The molecule has 0 aromatic carbocycles. The second kappa shape index (κ2) is 4.53. The van der Waals surface area contributed by atoms with Gasteiger partial charge in [-0.25, -0.2) is 0 Å². The molecule has 0 amide bonds. The molecular formula is C12H22N4. The molecule has 0 spiro atoms. The molecule has 2 rings (SSSR count). The average molecular weight is 222 g/mol. The fraction of sp³-hybridized carbons (Fsp3) is 0.833. The van der Waals surface area contributed by atoms with Gasteiger partial charge in [-0.2, -0.15) is 0 Å². The molecule has 4 nitrogen and oxygen atoms in total. The van der Waals surface area contributed by atoms with Crippen molar-refractivity contribution in [3.8, 4) is 0 Å². The summed E-state index contributed by atoms with van der Waals surface area (Å²) in [6.07, 6.45) is 5.38. The van der Waals surface area contributed by atoms with E-state index in [2.05, 4.69) is 40.9 Å². The Kier molecular flexibility index (Phi) is 3.28. The summed E-state index contributed by atoms with van der Waals surface area (Å²) in [5, 5.41) is 11.9. The number of hydrogen-bond acceptors (Lipinski definition) is 3. The Labute approximate surface area is 97.5 Å². The van der Waals surface area contributed by atoms with Gasteiger partial charge in [0.25, 0.3) is 0 Å². The second-order valence-corrected chi connectivity index (χ2v) is 5.04. The number of piperidine rings is 1. The molecule has 2 heterocycles. The molecule has 0 aliphatic carbocycles. The minimum Gasteiger partial charge on any atom is -0.317 e. The van der Waals surface area contributed by atoms with Gasteiger partial charge in [0.1, 0.15) is 12.2 Å². The third-order valence-electron chi connectivity index (χ3n) is 3.84. The molecule has 0 saturated carbocycles. The van der Waals surface area contributed by atoms with Crippen molar-refractivity contribution >= 4 is 0 Å². The van der Waals surface area contributed by atoms with Crippen LogP contribution in [0.15, 0.2) is 6.33 Å². The van der Waals surface area contributed by atoms with Gasteiger partial charge in [-0.05, 0) is 46.2 Å². The molecule has 0 bridgehead atoms. The van der Waals surface area contributed by atoms with E-state index in [4.69, 9.17) is 0 Å². The van der Waals surface area contributed by atoms with Gasteiger partial charge in [-0.3, -0.25) is 0 Å². The molecule has 90 valence electrons. The van der Waals surface area contributed by atoms with Crippen LogP contribution in [0.1, 0.15) is 51.9 Å². The maximum atomic E-state index is 4.39. The van der Waals surface area contributed by atoms with Gasteiger partial charge in [0, 0.05) is 11.5 Å². The molecule has 1 aliphatic rings.